The third-order valence-electron chi connectivity index (χ3n) is 4.06. The van der Waals surface area contributed by atoms with Crippen molar-refractivity contribution in [2.75, 3.05) is 14.2 Å². The lowest BCUT2D eigenvalue weighted by atomic mass is 10.1. The molecule has 1 aliphatic heterocycles. The zero-order chi connectivity index (χ0) is 21.7. The van der Waals surface area contributed by atoms with Crippen LogP contribution >= 0.6 is 24.0 Å². The number of hydrogen-bond acceptors (Lipinski definition) is 8. The summed E-state index contributed by atoms with van der Waals surface area (Å²) < 4.78 is 9.63. The monoisotopic (exact) mass is 440 g/mol. The highest BCUT2D eigenvalue weighted by Gasteiger charge is 2.32. The molecule has 1 fully saturated rings. The number of ether oxygens (including phenoxy) is 2. The van der Waals surface area contributed by atoms with E-state index in [9.17, 15) is 14.4 Å². The lowest BCUT2D eigenvalue weighted by Crippen LogP contribution is -2.22. The van der Waals surface area contributed by atoms with Crippen LogP contribution in [0.1, 0.15) is 31.8 Å². The van der Waals surface area contributed by atoms with Crippen molar-refractivity contribution >= 4 is 58.4 Å². The number of hydrogen-bond donors (Lipinski definition) is 0. The fourth-order valence-corrected chi connectivity index (χ4v) is 3.66. The van der Waals surface area contributed by atoms with Crippen molar-refractivity contribution in [1.29, 1.82) is 0 Å². The summed E-state index contributed by atoms with van der Waals surface area (Å²) in [7, 11) is 2.63. The summed E-state index contributed by atoms with van der Waals surface area (Å²) in [5.74, 6) is -1.20. The van der Waals surface area contributed by atoms with E-state index in [1.807, 2.05) is 0 Å². The van der Waals surface area contributed by atoms with Crippen LogP contribution in [0.2, 0.25) is 0 Å². The zero-order valence-electron chi connectivity index (χ0n) is 16.0. The number of carbonyl (C=O) groups excluding carboxylic acids is 3. The number of benzene rings is 2. The molecule has 1 aliphatic rings. The van der Waals surface area contributed by atoms with Crippen molar-refractivity contribution in [2.24, 2.45) is 5.10 Å². The van der Waals surface area contributed by atoms with Crippen LogP contribution in [0.15, 0.2) is 58.5 Å². The van der Waals surface area contributed by atoms with Gasteiger partial charge in [-0.1, -0.05) is 36.0 Å². The minimum absolute atomic E-state index is 0.305. The number of esters is 2. The SMILES string of the molecule is COC(=O)c1ccc(C=NN2C(=O)C(=Cc3ccc(C(=O)OC)cc3)SC2=S)cc1. The van der Waals surface area contributed by atoms with Crippen LogP contribution in [-0.4, -0.2) is 47.6 Å². The summed E-state index contributed by atoms with van der Waals surface area (Å²) in [5.41, 5.74) is 2.27. The molecule has 152 valence electrons. The lowest BCUT2D eigenvalue weighted by molar-refractivity contribution is -0.122. The molecule has 0 spiro atoms. The van der Waals surface area contributed by atoms with Crippen molar-refractivity contribution in [3.8, 4) is 0 Å². The summed E-state index contributed by atoms with van der Waals surface area (Å²) in [6, 6.07) is 13.3. The van der Waals surface area contributed by atoms with E-state index in [4.69, 9.17) is 12.2 Å². The number of methoxy groups -OCH3 is 2. The van der Waals surface area contributed by atoms with Gasteiger partial charge in [-0.25, -0.2) is 9.59 Å². The van der Waals surface area contributed by atoms with E-state index in [-0.39, 0.29) is 5.91 Å². The van der Waals surface area contributed by atoms with Crippen LogP contribution in [0.5, 0.6) is 0 Å². The van der Waals surface area contributed by atoms with Crippen molar-refractivity contribution in [3.05, 3.63) is 75.7 Å². The van der Waals surface area contributed by atoms with E-state index < -0.39 is 11.9 Å². The van der Waals surface area contributed by atoms with E-state index in [1.165, 1.54) is 20.4 Å². The standard InChI is InChI=1S/C21H16N2O5S2/c1-27-19(25)15-7-3-13(4-8-15)11-17-18(24)23(21(29)30-17)22-12-14-5-9-16(10-6-14)20(26)28-2/h3-12H,1-2H3. The predicted molar refractivity (Wildman–Crippen MR) is 118 cm³/mol. The molecule has 2 aromatic carbocycles. The average Bonchev–Trinajstić information content (AvgIpc) is 3.04. The molecule has 0 atom stereocenters. The smallest absolute Gasteiger partial charge is 0.337 e. The third-order valence-corrected chi connectivity index (χ3v) is 5.34. The first kappa shape index (κ1) is 21.4. The zero-order valence-corrected chi connectivity index (χ0v) is 17.7. The van der Waals surface area contributed by atoms with Crippen molar-refractivity contribution in [1.82, 2.24) is 5.01 Å². The van der Waals surface area contributed by atoms with Gasteiger partial charge < -0.3 is 9.47 Å². The second-order valence-corrected chi connectivity index (χ2v) is 7.64. The van der Waals surface area contributed by atoms with Crippen LogP contribution in [-0.2, 0) is 14.3 Å². The fraction of sp³-hybridized carbons (Fsp3) is 0.0952. The molecule has 1 saturated heterocycles. The number of carbonyl (C=O) groups is 3. The van der Waals surface area contributed by atoms with E-state index in [0.717, 1.165) is 22.3 Å². The van der Waals surface area contributed by atoms with Gasteiger partial charge in [0.25, 0.3) is 5.91 Å². The number of rotatable bonds is 5. The molecule has 0 bridgehead atoms. The molecule has 7 nitrogen and oxygen atoms in total. The van der Waals surface area contributed by atoms with Gasteiger partial charge in [0, 0.05) is 0 Å². The minimum Gasteiger partial charge on any atom is -0.465 e. The topological polar surface area (TPSA) is 85.3 Å². The number of thiocarbonyl (C=S) groups is 1. The van der Waals surface area contributed by atoms with Gasteiger partial charge in [0.2, 0.25) is 0 Å². The van der Waals surface area contributed by atoms with Gasteiger partial charge in [-0.2, -0.15) is 10.1 Å². The predicted octanol–water partition coefficient (Wildman–Crippen LogP) is 3.50. The maximum Gasteiger partial charge on any atom is 0.337 e. The van der Waals surface area contributed by atoms with E-state index >= 15 is 0 Å². The Bertz CT molecular complexity index is 1060. The summed E-state index contributed by atoms with van der Waals surface area (Å²) in [5, 5.41) is 5.31. The highest BCUT2D eigenvalue weighted by atomic mass is 32.2. The Balaban J connectivity index is 1.72. The molecule has 0 aromatic heterocycles. The molecule has 0 radical (unpaired) electrons. The number of thioether (sulfide) groups is 1. The second-order valence-electron chi connectivity index (χ2n) is 5.97. The fourth-order valence-electron chi connectivity index (χ4n) is 2.49. The molecule has 3 rings (SSSR count). The summed E-state index contributed by atoms with van der Waals surface area (Å²) in [6.07, 6.45) is 3.17. The number of hydrazone groups is 1. The van der Waals surface area contributed by atoms with Gasteiger partial charge >= 0.3 is 11.9 Å². The Morgan fingerprint density at radius 3 is 1.93 bits per heavy atom. The van der Waals surface area contributed by atoms with Crippen LogP contribution in [0.4, 0.5) is 0 Å². The highest BCUT2D eigenvalue weighted by Crippen LogP contribution is 2.32. The molecular weight excluding hydrogens is 424 g/mol. The normalized spacial score (nSPS) is 15.1. The average molecular weight is 441 g/mol. The molecule has 2 aromatic rings. The second kappa shape index (κ2) is 9.47. The van der Waals surface area contributed by atoms with Crippen molar-refractivity contribution in [3.63, 3.8) is 0 Å². The van der Waals surface area contributed by atoms with Crippen LogP contribution in [0.25, 0.3) is 6.08 Å². The molecule has 30 heavy (non-hydrogen) atoms. The van der Waals surface area contributed by atoms with E-state index in [0.29, 0.717) is 25.9 Å². The maximum atomic E-state index is 12.6. The summed E-state index contributed by atoms with van der Waals surface area (Å²) in [4.78, 5) is 36.0. The number of nitrogens with zero attached hydrogens (tertiary/aromatic N) is 2. The lowest BCUT2D eigenvalue weighted by Gasteiger charge is -2.06. The Kier molecular flexibility index (Phi) is 6.76. The van der Waals surface area contributed by atoms with Crippen LogP contribution in [0.3, 0.4) is 0 Å². The largest absolute Gasteiger partial charge is 0.465 e. The van der Waals surface area contributed by atoms with Gasteiger partial charge in [-0.15, -0.1) is 0 Å². The van der Waals surface area contributed by atoms with Gasteiger partial charge in [0.05, 0.1) is 36.5 Å². The van der Waals surface area contributed by atoms with Gasteiger partial charge in [-0.05, 0) is 53.7 Å². The third kappa shape index (κ3) is 4.81. The first-order valence-electron chi connectivity index (χ1n) is 8.61. The first-order chi connectivity index (χ1) is 14.4. The number of amides is 1. The summed E-state index contributed by atoms with van der Waals surface area (Å²) >= 11 is 6.40. The summed E-state index contributed by atoms with van der Waals surface area (Å²) in [6.45, 7) is 0. The molecule has 0 aliphatic carbocycles. The maximum absolute atomic E-state index is 12.6. The molecule has 0 saturated carbocycles. The highest BCUT2D eigenvalue weighted by molar-refractivity contribution is 8.26. The van der Waals surface area contributed by atoms with E-state index in [2.05, 4.69) is 14.6 Å². The van der Waals surface area contributed by atoms with Gasteiger partial charge in [-0.3, -0.25) is 4.79 Å². The molecule has 1 heterocycles. The van der Waals surface area contributed by atoms with Gasteiger partial charge in [0.15, 0.2) is 4.32 Å². The van der Waals surface area contributed by atoms with Crippen molar-refractivity contribution < 1.29 is 23.9 Å². The molecule has 0 unspecified atom stereocenters. The van der Waals surface area contributed by atoms with Gasteiger partial charge in [0.1, 0.15) is 0 Å². The molecular formula is C21H16N2O5S2. The first-order valence-corrected chi connectivity index (χ1v) is 9.84. The Morgan fingerprint density at radius 1 is 0.933 bits per heavy atom. The quantitative estimate of drug-likeness (QED) is 0.304. The Morgan fingerprint density at radius 2 is 1.43 bits per heavy atom. The molecule has 1 amide bonds. The molecule has 9 heteroatoms. The van der Waals surface area contributed by atoms with Crippen molar-refractivity contribution in [2.45, 2.75) is 0 Å². The Labute approximate surface area is 182 Å². The molecule has 0 N–H and O–H groups in total. The van der Waals surface area contributed by atoms with E-state index in [1.54, 1.807) is 54.6 Å². The Hall–Kier alpha value is -3.30. The minimum atomic E-state index is -0.430. The van der Waals surface area contributed by atoms with Crippen LogP contribution in [0, 0.1) is 0 Å². The van der Waals surface area contributed by atoms with Crippen LogP contribution < -0.4 is 0 Å².